The summed E-state index contributed by atoms with van der Waals surface area (Å²) in [6.45, 7) is 4.22. The fraction of sp³-hybridized carbons (Fsp3) is 0.323. The van der Waals surface area contributed by atoms with E-state index in [1.54, 1.807) is 12.3 Å². The Morgan fingerprint density at radius 1 is 1.17 bits per heavy atom. The lowest BCUT2D eigenvalue weighted by atomic mass is 9.82. The highest BCUT2D eigenvalue weighted by Crippen LogP contribution is 2.37. The van der Waals surface area contributed by atoms with Crippen molar-refractivity contribution < 1.29 is 8.81 Å². The molecule has 1 atom stereocenters. The first-order chi connectivity index (χ1) is 17.6. The van der Waals surface area contributed by atoms with Crippen LogP contribution in [0.15, 0.2) is 81.2 Å². The molecule has 36 heavy (non-hydrogen) atoms. The second-order valence-corrected chi connectivity index (χ2v) is 9.55. The lowest BCUT2D eigenvalue weighted by Gasteiger charge is -2.23. The average molecular weight is 480 g/mol. The van der Waals surface area contributed by atoms with Gasteiger partial charge in [-0.2, -0.15) is 5.26 Å². The van der Waals surface area contributed by atoms with Gasteiger partial charge in [-0.25, -0.2) is 9.38 Å². The Hall–Kier alpha value is -3.78. The summed E-state index contributed by atoms with van der Waals surface area (Å²) in [5.74, 6) is -0.0254. The van der Waals surface area contributed by atoms with Gasteiger partial charge in [0.05, 0.1) is 12.0 Å². The van der Waals surface area contributed by atoms with Gasteiger partial charge in [-0.05, 0) is 99.4 Å². The molecule has 2 aliphatic rings. The molecule has 3 aromatic rings. The summed E-state index contributed by atoms with van der Waals surface area (Å²) in [7, 11) is 0. The van der Waals surface area contributed by atoms with Crippen molar-refractivity contribution in [1.82, 2.24) is 4.98 Å². The zero-order chi connectivity index (χ0) is 25.1. The molecule has 4 nitrogen and oxygen atoms in total. The molecule has 1 aliphatic carbocycles. The van der Waals surface area contributed by atoms with Crippen LogP contribution in [-0.2, 0) is 6.42 Å². The summed E-state index contributed by atoms with van der Waals surface area (Å²) in [4.78, 5) is 9.23. The number of hydrogen-bond acceptors (Lipinski definition) is 4. The van der Waals surface area contributed by atoms with E-state index in [9.17, 15) is 9.65 Å². The minimum absolute atomic E-state index is 0.131. The third-order valence-corrected chi connectivity index (χ3v) is 7.39. The number of aromatic nitrogens is 1. The Morgan fingerprint density at radius 3 is 2.83 bits per heavy atom. The molecule has 0 saturated heterocycles. The lowest BCUT2D eigenvalue weighted by molar-refractivity contribution is 0.594. The summed E-state index contributed by atoms with van der Waals surface area (Å²) >= 11 is 0. The predicted octanol–water partition coefficient (Wildman–Crippen LogP) is 8.05. The van der Waals surface area contributed by atoms with E-state index in [4.69, 9.17) is 9.41 Å². The molecule has 0 radical (unpaired) electrons. The Balaban J connectivity index is 1.40. The Labute approximate surface area is 211 Å². The fourth-order valence-corrected chi connectivity index (χ4v) is 5.50. The predicted molar refractivity (Wildman–Crippen MR) is 142 cm³/mol. The van der Waals surface area contributed by atoms with Gasteiger partial charge >= 0.3 is 0 Å². The van der Waals surface area contributed by atoms with Crippen molar-refractivity contribution in [2.75, 3.05) is 0 Å². The molecule has 2 aromatic heterocycles. The number of halogens is 1. The van der Waals surface area contributed by atoms with E-state index in [0.29, 0.717) is 12.1 Å². The van der Waals surface area contributed by atoms with Crippen molar-refractivity contribution in [3.05, 3.63) is 94.4 Å². The number of benzene rings is 1. The molecule has 5 rings (SSSR count). The Kier molecular flexibility index (Phi) is 6.95. The monoisotopic (exact) mass is 479 g/mol. The van der Waals surface area contributed by atoms with Crippen LogP contribution in [-0.4, -0.2) is 10.7 Å². The van der Waals surface area contributed by atoms with Gasteiger partial charge < -0.3 is 4.42 Å². The van der Waals surface area contributed by atoms with Crippen LogP contribution in [0.3, 0.4) is 0 Å². The van der Waals surface area contributed by atoms with Gasteiger partial charge in [-0.1, -0.05) is 18.6 Å². The Bertz CT molecular complexity index is 1460. The molecule has 5 heteroatoms. The maximum atomic E-state index is 14.5. The first-order valence-corrected chi connectivity index (χ1v) is 12.8. The van der Waals surface area contributed by atoms with E-state index in [-0.39, 0.29) is 11.7 Å². The minimum atomic E-state index is -0.157. The number of allylic oxidation sites excluding steroid dienone is 6. The van der Waals surface area contributed by atoms with E-state index in [0.717, 1.165) is 77.6 Å². The van der Waals surface area contributed by atoms with Crippen molar-refractivity contribution >= 4 is 22.3 Å². The quantitative estimate of drug-likeness (QED) is 0.322. The van der Waals surface area contributed by atoms with E-state index in [2.05, 4.69) is 30.1 Å². The van der Waals surface area contributed by atoms with Gasteiger partial charge in [0.15, 0.2) is 0 Å². The highest BCUT2D eigenvalue weighted by molar-refractivity contribution is 6.27. The number of aliphatic imine (C=N–C) groups is 1. The zero-order valence-corrected chi connectivity index (χ0v) is 20.9. The fourth-order valence-electron chi connectivity index (χ4n) is 5.50. The molecular formula is C31H30FN3O. The normalized spacial score (nSPS) is 17.7. The molecular weight excluding hydrogens is 449 g/mol. The first kappa shape index (κ1) is 23.9. The van der Waals surface area contributed by atoms with Crippen LogP contribution >= 0.6 is 0 Å². The van der Waals surface area contributed by atoms with Crippen molar-refractivity contribution in [2.45, 2.75) is 58.8 Å². The van der Waals surface area contributed by atoms with E-state index >= 15 is 0 Å². The molecule has 0 amide bonds. The van der Waals surface area contributed by atoms with E-state index < -0.39 is 0 Å². The number of aryl methyl sites for hydroxylation is 2. The highest BCUT2D eigenvalue weighted by atomic mass is 19.1. The van der Waals surface area contributed by atoms with Gasteiger partial charge in [-0.15, -0.1) is 0 Å². The summed E-state index contributed by atoms with van der Waals surface area (Å²) in [6.07, 6.45) is 14.1. The summed E-state index contributed by atoms with van der Waals surface area (Å²) in [5.41, 5.74) is 8.88. The third kappa shape index (κ3) is 4.68. The molecule has 0 fully saturated rings. The van der Waals surface area contributed by atoms with Crippen LogP contribution < -0.4 is 0 Å². The summed E-state index contributed by atoms with van der Waals surface area (Å²) in [5, 5.41) is 10.4. The second kappa shape index (κ2) is 10.5. The molecule has 0 bridgehead atoms. The van der Waals surface area contributed by atoms with Gasteiger partial charge in [0, 0.05) is 34.3 Å². The van der Waals surface area contributed by atoms with Crippen molar-refractivity contribution in [1.29, 1.82) is 5.26 Å². The average Bonchev–Trinajstić information content (AvgIpc) is 3.52. The molecule has 182 valence electrons. The largest absolute Gasteiger partial charge is 0.464 e. The summed E-state index contributed by atoms with van der Waals surface area (Å²) in [6, 6.07) is 11.3. The minimum Gasteiger partial charge on any atom is -0.464 e. The number of nitriles is 1. The SMILES string of the molecule is CCC1=C(CCCCc2c(F)ccc3occc23)CCC2C=C(C#N)N=C2C(c2cccnc2C)=C1. The maximum absolute atomic E-state index is 14.5. The summed E-state index contributed by atoms with van der Waals surface area (Å²) < 4.78 is 20.0. The molecule has 1 aliphatic heterocycles. The van der Waals surface area contributed by atoms with Crippen molar-refractivity contribution in [3.8, 4) is 6.07 Å². The number of unbranched alkanes of at least 4 members (excludes halogenated alkanes) is 1. The number of fused-ring (bicyclic) bond motifs is 2. The molecule has 0 saturated carbocycles. The highest BCUT2D eigenvalue weighted by Gasteiger charge is 2.28. The third-order valence-electron chi connectivity index (χ3n) is 7.39. The van der Waals surface area contributed by atoms with Crippen LogP contribution in [0.2, 0.25) is 0 Å². The van der Waals surface area contributed by atoms with Gasteiger partial charge in [0.1, 0.15) is 23.2 Å². The number of nitrogens with zero attached hydrogens (tertiary/aromatic N) is 3. The number of hydrogen-bond donors (Lipinski definition) is 0. The number of rotatable bonds is 7. The van der Waals surface area contributed by atoms with Crippen LogP contribution in [0.4, 0.5) is 4.39 Å². The molecule has 3 heterocycles. The number of furan rings is 1. The van der Waals surface area contributed by atoms with E-state index in [1.807, 2.05) is 31.3 Å². The van der Waals surface area contributed by atoms with Crippen LogP contribution in [0.1, 0.15) is 62.3 Å². The molecule has 1 aromatic carbocycles. The van der Waals surface area contributed by atoms with Crippen molar-refractivity contribution in [3.63, 3.8) is 0 Å². The maximum Gasteiger partial charge on any atom is 0.137 e. The van der Waals surface area contributed by atoms with Crippen LogP contribution in [0.5, 0.6) is 0 Å². The van der Waals surface area contributed by atoms with Gasteiger partial charge in [0.25, 0.3) is 0 Å². The zero-order valence-electron chi connectivity index (χ0n) is 20.9. The van der Waals surface area contributed by atoms with Gasteiger partial charge in [-0.3, -0.25) is 4.98 Å². The first-order valence-electron chi connectivity index (χ1n) is 12.8. The standard InChI is InChI=1S/C31H30FN3O/c1-3-21-18-28(25-9-6-15-34-20(25)2)31-23(17-24(19-33)35-31)11-10-22(21)7-4-5-8-26-27-14-16-36-30(27)13-12-29(26)32/h6,9,12-18,23H,3-5,7-8,10-11H2,1-2H3. The topological polar surface area (TPSA) is 62.2 Å². The molecule has 0 spiro atoms. The van der Waals surface area contributed by atoms with Crippen LogP contribution in [0.25, 0.3) is 16.5 Å². The lowest BCUT2D eigenvalue weighted by Crippen LogP contribution is -2.15. The Morgan fingerprint density at radius 2 is 2.03 bits per heavy atom. The van der Waals surface area contributed by atoms with Gasteiger partial charge in [0.2, 0.25) is 0 Å². The van der Waals surface area contributed by atoms with Crippen LogP contribution in [0, 0.1) is 30.0 Å². The molecule has 1 unspecified atom stereocenters. The number of pyridine rings is 1. The smallest absolute Gasteiger partial charge is 0.137 e. The second-order valence-electron chi connectivity index (χ2n) is 9.55. The van der Waals surface area contributed by atoms with E-state index in [1.165, 1.54) is 17.2 Å². The molecule has 0 N–H and O–H groups in total. The van der Waals surface area contributed by atoms with Crippen molar-refractivity contribution in [2.24, 2.45) is 10.9 Å².